The third-order valence-corrected chi connectivity index (χ3v) is 16.9. The van der Waals surface area contributed by atoms with E-state index in [1.165, 1.54) is 23.4 Å². The highest BCUT2D eigenvalue weighted by molar-refractivity contribution is 7.22. The van der Waals surface area contributed by atoms with Crippen LogP contribution in [0.4, 0.5) is 16.6 Å². The number of hydrogen-bond donors (Lipinski definition) is 2. The van der Waals surface area contributed by atoms with Crippen molar-refractivity contribution in [3.05, 3.63) is 125 Å². The summed E-state index contributed by atoms with van der Waals surface area (Å²) in [6.07, 6.45) is 7.11. The van der Waals surface area contributed by atoms with Gasteiger partial charge in [0.2, 0.25) is 11.8 Å². The van der Waals surface area contributed by atoms with Gasteiger partial charge in [0.25, 0.3) is 5.91 Å². The monoisotopic (exact) mass is 1060 g/mol. The summed E-state index contributed by atoms with van der Waals surface area (Å²) in [5, 5.41) is 11.8. The number of thiazole rings is 1. The molecule has 0 spiro atoms. The zero-order chi connectivity index (χ0) is 53.5. The average molecular weight is 1060 g/mol. The number of esters is 1. The van der Waals surface area contributed by atoms with Crippen LogP contribution in [0.3, 0.4) is 0 Å². The number of aryl methyl sites for hydroxylation is 1. The summed E-state index contributed by atoms with van der Waals surface area (Å²) in [6.45, 7) is 16.2. The number of carbonyl (C=O) groups is 4. The largest absolute Gasteiger partial charge is 0.490 e. The molecule has 1 saturated carbocycles. The number of amides is 3. The molecule has 16 heteroatoms. The number of rotatable bonds is 13. The SMILES string of the molecule is Cc1c(OC2CCC(C[C@H](C)CN3CCN(c4ccc5c(C6CCC(=O)NC6=O)nn(C)c5c4)CC3)CC2)cccc1-c1ccc(N2CCc3cccc(C(=O)Nc4nc5ccccc5s4)c3C2)nc1C(=O)OC(C)(C)C. The van der Waals surface area contributed by atoms with Crippen LogP contribution in [-0.4, -0.2) is 99.3 Å². The van der Waals surface area contributed by atoms with Gasteiger partial charge in [-0.3, -0.25) is 34.6 Å². The molecule has 400 valence electrons. The third kappa shape index (κ3) is 11.3. The lowest BCUT2D eigenvalue weighted by Gasteiger charge is -2.38. The summed E-state index contributed by atoms with van der Waals surface area (Å²) < 4.78 is 15.7. The van der Waals surface area contributed by atoms with Crippen molar-refractivity contribution in [1.82, 2.24) is 30.0 Å². The first-order valence-corrected chi connectivity index (χ1v) is 28.2. The fourth-order valence-corrected chi connectivity index (χ4v) is 12.9. The molecule has 2 atom stereocenters. The third-order valence-electron chi connectivity index (χ3n) is 16.0. The average Bonchev–Trinajstić information content (AvgIpc) is 4.09. The minimum atomic E-state index is -0.734. The molecule has 6 heterocycles. The molecule has 1 unspecified atom stereocenters. The number of hydrogen-bond acceptors (Lipinski definition) is 13. The molecule has 3 amide bonds. The van der Waals surface area contributed by atoms with Gasteiger partial charge < -0.3 is 19.3 Å². The van der Waals surface area contributed by atoms with Crippen LogP contribution in [0.1, 0.15) is 122 Å². The lowest BCUT2D eigenvalue weighted by molar-refractivity contribution is -0.134. The number of imide groups is 1. The lowest BCUT2D eigenvalue weighted by Crippen LogP contribution is -2.47. The van der Waals surface area contributed by atoms with Crippen LogP contribution in [-0.2, 0) is 34.3 Å². The van der Waals surface area contributed by atoms with E-state index in [1.807, 2.05) is 99.2 Å². The number of carbonyl (C=O) groups excluding carboxylic acids is 4. The van der Waals surface area contributed by atoms with E-state index >= 15 is 0 Å². The Morgan fingerprint density at radius 2 is 1.64 bits per heavy atom. The predicted molar refractivity (Wildman–Crippen MR) is 303 cm³/mol. The van der Waals surface area contributed by atoms with Gasteiger partial charge in [-0.25, -0.2) is 14.8 Å². The number of nitrogens with zero attached hydrogens (tertiary/aromatic N) is 7. The van der Waals surface area contributed by atoms with Crippen molar-refractivity contribution in [1.29, 1.82) is 0 Å². The number of para-hydroxylation sites is 1. The van der Waals surface area contributed by atoms with Gasteiger partial charge in [0.15, 0.2) is 10.8 Å². The zero-order valence-corrected chi connectivity index (χ0v) is 45.9. The maximum atomic E-state index is 14.2. The Labute approximate surface area is 454 Å². The first-order valence-electron chi connectivity index (χ1n) is 27.4. The number of anilines is 3. The lowest BCUT2D eigenvalue weighted by atomic mass is 9.82. The fourth-order valence-electron chi connectivity index (χ4n) is 12.1. The highest BCUT2D eigenvalue weighted by Gasteiger charge is 2.33. The number of piperazine rings is 1. The first-order chi connectivity index (χ1) is 37.1. The maximum Gasteiger partial charge on any atom is 0.358 e. The molecule has 11 rings (SSSR count). The summed E-state index contributed by atoms with van der Waals surface area (Å²) in [6, 6.07) is 30.2. The molecule has 4 aliphatic rings. The molecule has 2 saturated heterocycles. The van der Waals surface area contributed by atoms with Crippen molar-refractivity contribution in [2.24, 2.45) is 18.9 Å². The summed E-state index contributed by atoms with van der Waals surface area (Å²) in [4.78, 5) is 69.3. The van der Waals surface area contributed by atoms with Gasteiger partial charge in [-0.1, -0.05) is 54.7 Å². The van der Waals surface area contributed by atoms with Gasteiger partial charge in [0.1, 0.15) is 17.2 Å². The second-order valence-corrected chi connectivity index (χ2v) is 23.7. The molecule has 1 aliphatic carbocycles. The highest BCUT2D eigenvalue weighted by atomic mass is 32.1. The van der Waals surface area contributed by atoms with Gasteiger partial charge in [0.05, 0.1) is 33.4 Å². The Bertz CT molecular complexity index is 3350. The predicted octanol–water partition coefficient (Wildman–Crippen LogP) is 10.6. The van der Waals surface area contributed by atoms with Crippen LogP contribution in [0.5, 0.6) is 5.75 Å². The van der Waals surface area contributed by atoms with Gasteiger partial charge in [-0.2, -0.15) is 5.10 Å². The molecule has 3 aliphatic heterocycles. The topological polar surface area (TPSA) is 164 Å². The summed E-state index contributed by atoms with van der Waals surface area (Å²) in [7, 11) is 1.92. The number of aromatic nitrogens is 4. The van der Waals surface area contributed by atoms with Gasteiger partial charge in [-0.15, -0.1) is 0 Å². The Balaban J connectivity index is 0.700. The number of piperidine rings is 1. The van der Waals surface area contributed by atoms with Crippen molar-refractivity contribution in [2.45, 2.75) is 110 Å². The van der Waals surface area contributed by atoms with E-state index in [9.17, 15) is 19.2 Å². The fraction of sp³-hybridized carbons (Fsp3) is 0.426. The summed E-state index contributed by atoms with van der Waals surface area (Å²) in [5.41, 5.74) is 8.43. The smallest absolute Gasteiger partial charge is 0.358 e. The second kappa shape index (κ2) is 21.7. The van der Waals surface area contributed by atoms with Crippen molar-refractivity contribution in [3.8, 4) is 16.9 Å². The van der Waals surface area contributed by atoms with Crippen LogP contribution < -0.4 is 25.2 Å². The molecule has 15 nitrogen and oxygen atoms in total. The quantitative estimate of drug-likeness (QED) is 0.0831. The highest BCUT2D eigenvalue weighted by Crippen LogP contribution is 2.39. The Hall–Kier alpha value is -7.17. The Kier molecular flexibility index (Phi) is 14.6. The molecule has 0 radical (unpaired) electrons. The van der Waals surface area contributed by atoms with Crippen molar-refractivity contribution in [3.63, 3.8) is 0 Å². The summed E-state index contributed by atoms with van der Waals surface area (Å²) >= 11 is 1.45. The molecule has 0 bridgehead atoms. The normalized spacial score (nSPS) is 19.7. The van der Waals surface area contributed by atoms with Crippen LogP contribution in [0, 0.1) is 18.8 Å². The molecule has 3 aromatic heterocycles. The molecule has 3 fully saturated rings. The van der Waals surface area contributed by atoms with Crippen molar-refractivity contribution in [2.75, 3.05) is 54.4 Å². The maximum absolute atomic E-state index is 14.2. The summed E-state index contributed by atoms with van der Waals surface area (Å²) in [5.74, 6) is 1.13. The Morgan fingerprint density at radius 1 is 0.844 bits per heavy atom. The van der Waals surface area contributed by atoms with Crippen LogP contribution >= 0.6 is 11.3 Å². The van der Waals surface area contributed by atoms with E-state index in [-0.39, 0.29) is 29.5 Å². The van der Waals surface area contributed by atoms with Crippen LogP contribution in [0.15, 0.2) is 91.0 Å². The minimum Gasteiger partial charge on any atom is -0.490 e. The van der Waals surface area contributed by atoms with E-state index in [2.05, 4.69) is 68.4 Å². The number of benzene rings is 4. The molecule has 2 N–H and O–H groups in total. The van der Waals surface area contributed by atoms with Crippen molar-refractivity contribution >= 4 is 72.8 Å². The zero-order valence-electron chi connectivity index (χ0n) is 45.1. The van der Waals surface area contributed by atoms with Gasteiger partial charge >= 0.3 is 5.97 Å². The molecule has 7 aromatic rings. The number of fused-ring (bicyclic) bond motifs is 3. The van der Waals surface area contributed by atoms with Gasteiger partial charge in [0, 0.05) is 81.5 Å². The Morgan fingerprint density at radius 3 is 2.42 bits per heavy atom. The van der Waals surface area contributed by atoms with Crippen molar-refractivity contribution < 1.29 is 28.7 Å². The number of ether oxygens (including phenoxy) is 2. The number of pyridine rings is 1. The number of nitrogens with one attached hydrogen (secondary N) is 2. The second-order valence-electron chi connectivity index (χ2n) is 22.7. The molecular weight excluding hydrogens is 987 g/mol. The van der Waals surface area contributed by atoms with Crippen LogP contribution in [0.2, 0.25) is 0 Å². The molecule has 77 heavy (non-hydrogen) atoms. The van der Waals surface area contributed by atoms with E-state index in [4.69, 9.17) is 19.6 Å². The first kappa shape index (κ1) is 51.9. The standard InChI is InChI=1S/C61H69N9O6S/c1-37(35-68-29-31-69(32-30-68)41-19-22-46-50(34-41)67(6)66-55(46)47-24-26-54(71)64-58(47)73)33-39-17-20-42(21-18-39)75-51-15-10-12-43(38(51)2)44-23-25-53(63-56(44)59(74)76-61(3,4)5)70-28-27-40-11-9-13-45(48(40)36-70)57(72)65-60-62-49-14-7-8-16-52(49)77-60/h7-16,19,22-23,25,34,37,39,42,47H,17-18,20-21,24,26-33,35-36H2,1-6H3,(H,62,65,72)(H,64,71,73)/t37-,39?,42?,47?/m0/s1. The molecular formula is C61H69N9O6S. The van der Waals surface area contributed by atoms with E-state index < -0.39 is 17.5 Å². The van der Waals surface area contributed by atoms with E-state index in [0.29, 0.717) is 66.3 Å². The van der Waals surface area contributed by atoms with E-state index in [1.54, 1.807) is 0 Å². The van der Waals surface area contributed by atoms with E-state index in [0.717, 1.165) is 113 Å². The minimum absolute atomic E-state index is 0.110. The van der Waals surface area contributed by atoms with Crippen LogP contribution in [0.25, 0.3) is 32.2 Å². The van der Waals surface area contributed by atoms with Gasteiger partial charge in [-0.05, 0) is 161 Å². The molecule has 4 aromatic carbocycles.